The van der Waals surface area contributed by atoms with Gasteiger partial charge < -0.3 is 5.11 Å². The Labute approximate surface area is 187 Å². The number of nitrogens with zero attached hydrogens (tertiary/aromatic N) is 1. The van der Waals surface area contributed by atoms with E-state index in [4.69, 9.17) is 10.1 Å². The molecule has 0 aliphatic heterocycles. The van der Waals surface area contributed by atoms with Gasteiger partial charge in [0.15, 0.2) is 5.78 Å². The average molecular weight is 567 g/mol. The number of hydrogen-bond acceptors (Lipinski definition) is 3. The number of aliphatic hydroxyl groups excluding tert-OH is 1. The van der Waals surface area contributed by atoms with Gasteiger partial charge in [-0.15, -0.1) is 34.9 Å². The van der Waals surface area contributed by atoms with Crippen LogP contribution >= 0.6 is 0 Å². The summed E-state index contributed by atoms with van der Waals surface area (Å²) in [4.78, 5) is 14.9. The van der Waals surface area contributed by atoms with Crippen molar-refractivity contribution in [3.8, 4) is 11.3 Å². The van der Waals surface area contributed by atoms with Gasteiger partial charge in [-0.3, -0.25) is 9.78 Å². The molecule has 1 heterocycles. The van der Waals surface area contributed by atoms with Gasteiger partial charge in [0.25, 0.3) is 0 Å². The van der Waals surface area contributed by atoms with Crippen molar-refractivity contribution >= 4 is 16.7 Å². The second-order valence-electron chi connectivity index (χ2n) is 7.42. The maximum atomic E-state index is 10.0. The number of carbonyl (C=O) groups excluding carboxylic acids is 1. The molecule has 29 heavy (non-hydrogen) atoms. The van der Waals surface area contributed by atoms with Gasteiger partial charge in [0, 0.05) is 31.6 Å². The van der Waals surface area contributed by atoms with Crippen molar-refractivity contribution in [2.24, 2.45) is 0 Å². The fraction of sp³-hybridized carbons (Fsp3) is 0.280. The molecule has 1 radical (unpaired) electrons. The molecular formula is C25H28IrNO2-. The van der Waals surface area contributed by atoms with E-state index in [9.17, 15) is 4.79 Å². The number of aromatic nitrogens is 1. The molecule has 0 amide bonds. The summed E-state index contributed by atoms with van der Waals surface area (Å²) in [5.74, 6) is 0.412. The molecule has 0 fully saturated rings. The van der Waals surface area contributed by atoms with E-state index in [-0.39, 0.29) is 31.6 Å². The zero-order chi connectivity index (χ0) is 20.8. The van der Waals surface area contributed by atoms with E-state index in [1.807, 2.05) is 0 Å². The minimum absolute atomic E-state index is 0. The normalized spacial score (nSPS) is 10.9. The maximum absolute atomic E-state index is 10.0. The van der Waals surface area contributed by atoms with Crippen LogP contribution in [0.15, 0.2) is 54.3 Å². The minimum atomic E-state index is -0.125. The summed E-state index contributed by atoms with van der Waals surface area (Å²) in [6.45, 7) is 11.5. The van der Waals surface area contributed by atoms with E-state index in [2.05, 4.69) is 76.2 Å². The van der Waals surface area contributed by atoms with E-state index in [1.165, 1.54) is 36.4 Å². The molecule has 3 aromatic rings. The zero-order valence-corrected chi connectivity index (χ0v) is 20.2. The Hall–Kier alpha value is -2.29. The van der Waals surface area contributed by atoms with Crippen LogP contribution in [0.2, 0.25) is 0 Å². The Morgan fingerprint density at radius 1 is 1.10 bits per heavy atom. The van der Waals surface area contributed by atoms with Crippen LogP contribution in [0.4, 0.5) is 0 Å². The molecule has 1 N–H and O–H groups in total. The summed E-state index contributed by atoms with van der Waals surface area (Å²) >= 11 is 0. The van der Waals surface area contributed by atoms with Crippen molar-refractivity contribution in [1.29, 1.82) is 0 Å². The Bertz CT molecular complexity index is 998. The van der Waals surface area contributed by atoms with Gasteiger partial charge in [-0.25, -0.2) is 0 Å². The van der Waals surface area contributed by atoms with Gasteiger partial charge >= 0.3 is 0 Å². The summed E-state index contributed by atoms with van der Waals surface area (Å²) in [6, 6.07) is 18.3. The number of aliphatic hydroxyl groups is 1. The van der Waals surface area contributed by atoms with E-state index < -0.39 is 0 Å². The summed E-state index contributed by atoms with van der Waals surface area (Å²) in [7, 11) is 0. The minimum Gasteiger partial charge on any atom is -0.512 e. The van der Waals surface area contributed by atoms with Crippen molar-refractivity contribution in [2.75, 3.05) is 0 Å². The number of pyridine rings is 1. The first-order valence-electron chi connectivity index (χ1n) is 9.46. The van der Waals surface area contributed by atoms with Crippen LogP contribution in [-0.2, 0) is 24.9 Å². The summed E-state index contributed by atoms with van der Waals surface area (Å²) in [6.07, 6.45) is 1.17. The smallest absolute Gasteiger partial charge is 0.155 e. The number of hydrogen-bond donors (Lipinski definition) is 1. The van der Waals surface area contributed by atoms with Gasteiger partial charge in [0.05, 0.1) is 11.3 Å². The third-order valence-electron chi connectivity index (χ3n) is 4.21. The number of benzene rings is 2. The van der Waals surface area contributed by atoms with E-state index in [1.54, 1.807) is 0 Å². The molecule has 0 aliphatic carbocycles. The van der Waals surface area contributed by atoms with E-state index in [0.717, 1.165) is 22.3 Å². The number of aryl methyl sites for hydroxylation is 2. The summed E-state index contributed by atoms with van der Waals surface area (Å²) in [5.41, 5.74) is 6.92. The molecule has 1 aromatic heterocycles. The van der Waals surface area contributed by atoms with Gasteiger partial charge in [-0.05, 0) is 37.1 Å². The second-order valence-corrected chi connectivity index (χ2v) is 7.42. The Morgan fingerprint density at radius 2 is 1.76 bits per heavy atom. The van der Waals surface area contributed by atoms with Crippen LogP contribution in [0.1, 0.15) is 50.3 Å². The number of carbonyl (C=O) groups is 1. The van der Waals surface area contributed by atoms with Crippen LogP contribution in [0.5, 0.6) is 0 Å². The summed E-state index contributed by atoms with van der Waals surface area (Å²) in [5, 5.41) is 9.61. The first kappa shape index (κ1) is 24.7. The summed E-state index contributed by atoms with van der Waals surface area (Å²) < 4.78 is 0. The molecule has 0 unspecified atom stereocenters. The van der Waals surface area contributed by atoms with E-state index in [0.29, 0.717) is 5.92 Å². The molecule has 4 heteroatoms. The number of fused-ring (bicyclic) bond motifs is 1. The second kappa shape index (κ2) is 11.0. The molecule has 0 bridgehead atoms. The Morgan fingerprint density at radius 3 is 2.28 bits per heavy atom. The molecule has 3 rings (SSSR count). The number of para-hydroxylation sites is 1. The fourth-order valence-electron chi connectivity index (χ4n) is 3.15. The predicted molar refractivity (Wildman–Crippen MR) is 117 cm³/mol. The van der Waals surface area contributed by atoms with Crippen molar-refractivity contribution in [1.82, 2.24) is 4.98 Å². The average Bonchev–Trinajstić information content (AvgIpc) is 2.59. The number of rotatable bonds is 3. The molecule has 2 aromatic carbocycles. The quantitative estimate of drug-likeness (QED) is 0.224. The van der Waals surface area contributed by atoms with Gasteiger partial charge in [0.2, 0.25) is 0 Å². The first-order chi connectivity index (χ1) is 13.2. The van der Waals surface area contributed by atoms with Crippen LogP contribution < -0.4 is 0 Å². The predicted octanol–water partition coefficient (Wildman–Crippen LogP) is 6.48. The molecule has 3 nitrogen and oxygen atoms in total. The zero-order valence-electron chi connectivity index (χ0n) is 17.8. The molecule has 0 spiro atoms. The van der Waals surface area contributed by atoms with E-state index >= 15 is 0 Å². The molecule has 155 valence electrons. The van der Waals surface area contributed by atoms with Gasteiger partial charge in [0.1, 0.15) is 0 Å². The number of allylic oxidation sites excluding steroid dienone is 2. The van der Waals surface area contributed by atoms with Crippen LogP contribution in [-0.4, -0.2) is 15.9 Å². The topological polar surface area (TPSA) is 50.2 Å². The first-order valence-corrected chi connectivity index (χ1v) is 9.46. The number of ketones is 1. The van der Waals surface area contributed by atoms with Crippen molar-refractivity contribution in [2.45, 2.75) is 47.5 Å². The van der Waals surface area contributed by atoms with Crippen molar-refractivity contribution in [3.05, 3.63) is 77.1 Å². The molecular weight excluding hydrogens is 538 g/mol. The molecule has 0 atom stereocenters. The van der Waals surface area contributed by atoms with Crippen LogP contribution in [0, 0.1) is 19.9 Å². The molecule has 0 saturated heterocycles. The maximum Gasteiger partial charge on any atom is 0.155 e. The third kappa shape index (κ3) is 7.23. The van der Waals surface area contributed by atoms with Crippen LogP contribution in [0.25, 0.3) is 22.2 Å². The van der Waals surface area contributed by atoms with Crippen molar-refractivity contribution in [3.63, 3.8) is 0 Å². The van der Waals surface area contributed by atoms with Gasteiger partial charge in [-0.2, -0.15) is 0 Å². The SMILES string of the molecule is CC(=O)/C=C(/C)O.Cc1[c-]c(-c2cc(C(C)C)c3ccccc3n2)cc(C)c1.[Ir]. The van der Waals surface area contributed by atoms with Crippen molar-refractivity contribution < 1.29 is 30.0 Å². The standard InChI is InChI=1S/C20H20N.C5H8O2.Ir/c1-13(2)18-12-20(16-10-14(3)9-15(4)11-16)21-19-8-6-5-7-17(18)19;1-4(6)3-5(2)7;/h5-10,12-13H,1-4H3;3,6H,1-2H3;/q-1;;/b;4-3-;. The van der Waals surface area contributed by atoms with Gasteiger partial charge in [-0.1, -0.05) is 52.0 Å². The largest absolute Gasteiger partial charge is 0.512 e. The fourth-order valence-corrected chi connectivity index (χ4v) is 3.15. The Balaban J connectivity index is 0.000000456. The van der Waals surface area contributed by atoms with Crippen LogP contribution in [0.3, 0.4) is 0 Å². The third-order valence-corrected chi connectivity index (χ3v) is 4.21. The molecule has 0 saturated carbocycles. The Kier molecular flexibility index (Phi) is 9.42. The molecule has 0 aliphatic rings. The monoisotopic (exact) mass is 567 g/mol.